The van der Waals surface area contributed by atoms with Gasteiger partial charge >= 0.3 is 0 Å². The van der Waals surface area contributed by atoms with E-state index in [0.29, 0.717) is 17.2 Å². The first-order chi connectivity index (χ1) is 9.06. The Morgan fingerprint density at radius 2 is 2.11 bits per heavy atom. The van der Waals surface area contributed by atoms with E-state index in [9.17, 15) is 8.42 Å². The summed E-state index contributed by atoms with van der Waals surface area (Å²) >= 11 is 1.25. The van der Waals surface area contributed by atoms with Gasteiger partial charge in [0.15, 0.2) is 0 Å². The van der Waals surface area contributed by atoms with Crippen LogP contribution in [0.3, 0.4) is 0 Å². The number of thiophene rings is 1. The molecule has 0 amide bonds. The fourth-order valence-electron chi connectivity index (χ4n) is 2.64. The summed E-state index contributed by atoms with van der Waals surface area (Å²) in [6, 6.07) is 3.41. The van der Waals surface area contributed by atoms with Crippen LogP contribution in [0, 0.1) is 11.3 Å². The maximum atomic E-state index is 12.2. The number of nitrogens with one attached hydrogen (secondary N) is 1. The Morgan fingerprint density at radius 1 is 1.37 bits per heavy atom. The van der Waals surface area contributed by atoms with Crippen molar-refractivity contribution in [3.05, 3.63) is 17.0 Å². The fraction of sp³-hybridized carbons (Fsp3) is 0.692. The van der Waals surface area contributed by atoms with Gasteiger partial charge in [0, 0.05) is 24.4 Å². The number of rotatable bonds is 7. The highest BCUT2D eigenvalue weighted by atomic mass is 32.2. The van der Waals surface area contributed by atoms with E-state index in [0.717, 1.165) is 10.8 Å². The number of aliphatic hydroxyl groups is 1. The molecule has 2 N–H and O–H groups in total. The Balaban J connectivity index is 1.64. The van der Waals surface area contributed by atoms with Crippen LogP contribution >= 0.6 is 11.3 Å². The van der Waals surface area contributed by atoms with Crippen LogP contribution in [0.5, 0.6) is 0 Å². The molecule has 3 rings (SSSR count). The van der Waals surface area contributed by atoms with Gasteiger partial charge in [0.1, 0.15) is 4.21 Å². The highest BCUT2D eigenvalue weighted by Crippen LogP contribution is 2.60. The van der Waals surface area contributed by atoms with E-state index in [1.54, 1.807) is 12.1 Å². The van der Waals surface area contributed by atoms with E-state index in [4.69, 9.17) is 5.11 Å². The van der Waals surface area contributed by atoms with Crippen molar-refractivity contribution in [2.75, 3.05) is 13.2 Å². The van der Waals surface area contributed by atoms with Gasteiger partial charge in [0.2, 0.25) is 10.0 Å². The molecule has 2 aliphatic rings. The summed E-state index contributed by atoms with van der Waals surface area (Å²) in [6.07, 6.45) is 5.38. The predicted octanol–water partition coefficient (Wildman–Crippen LogP) is 1.75. The number of sulfonamides is 1. The van der Waals surface area contributed by atoms with Crippen LogP contribution in [0.1, 0.15) is 30.6 Å². The first-order valence-corrected chi connectivity index (χ1v) is 9.05. The zero-order chi connectivity index (χ0) is 13.5. The minimum Gasteiger partial charge on any atom is -0.396 e. The summed E-state index contributed by atoms with van der Waals surface area (Å²) in [5, 5.41) is 8.86. The van der Waals surface area contributed by atoms with E-state index < -0.39 is 10.0 Å². The third-order valence-corrected chi connectivity index (χ3v) is 7.25. The molecule has 4 nitrogen and oxygen atoms in total. The molecule has 0 spiro atoms. The molecule has 1 aromatic rings. The Kier molecular flexibility index (Phi) is 3.45. The van der Waals surface area contributed by atoms with Gasteiger partial charge in [0.05, 0.1) is 0 Å². The van der Waals surface area contributed by atoms with Crippen molar-refractivity contribution in [3.8, 4) is 0 Å². The van der Waals surface area contributed by atoms with E-state index >= 15 is 0 Å². The molecule has 0 aliphatic heterocycles. The highest BCUT2D eigenvalue weighted by molar-refractivity contribution is 7.91. The Bertz CT molecular complexity index is 556. The molecule has 0 bridgehead atoms. The standard InChI is InChI=1S/C13H19NO3S2/c15-8-5-11-3-4-12(18-11)19(16,17)14-9-13(6-7-13)10-1-2-10/h3-4,10,14-15H,1-2,5-9H2. The molecule has 1 heterocycles. The summed E-state index contributed by atoms with van der Waals surface area (Å²) in [6.45, 7) is 0.644. The summed E-state index contributed by atoms with van der Waals surface area (Å²) in [5.41, 5.74) is 0.276. The maximum Gasteiger partial charge on any atom is 0.250 e. The van der Waals surface area contributed by atoms with Crippen molar-refractivity contribution >= 4 is 21.4 Å². The van der Waals surface area contributed by atoms with E-state index in [1.165, 1.54) is 37.0 Å². The minimum absolute atomic E-state index is 0.0538. The Hall–Kier alpha value is -0.430. The Labute approximate surface area is 117 Å². The molecule has 2 saturated carbocycles. The number of hydrogen-bond acceptors (Lipinski definition) is 4. The summed E-state index contributed by atoms with van der Waals surface area (Å²) in [7, 11) is -3.37. The quantitative estimate of drug-likeness (QED) is 0.806. The maximum absolute atomic E-state index is 12.2. The lowest BCUT2D eigenvalue weighted by molar-refractivity contribution is 0.300. The molecule has 106 valence electrons. The molecule has 19 heavy (non-hydrogen) atoms. The first-order valence-electron chi connectivity index (χ1n) is 6.75. The van der Waals surface area contributed by atoms with Gasteiger partial charge in [-0.05, 0) is 49.1 Å². The smallest absolute Gasteiger partial charge is 0.250 e. The highest BCUT2D eigenvalue weighted by Gasteiger charge is 2.53. The summed E-state index contributed by atoms with van der Waals surface area (Å²) in [4.78, 5) is 0.909. The lowest BCUT2D eigenvalue weighted by atomic mass is 10.0. The van der Waals surface area contributed by atoms with Crippen molar-refractivity contribution in [1.82, 2.24) is 4.72 Å². The molecule has 0 saturated heterocycles. The number of hydrogen-bond donors (Lipinski definition) is 2. The molecule has 0 aromatic carbocycles. The average Bonchev–Trinajstić information content (AvgIpc) is 3.26. The third-order valence-electron chi connectivity index (χ3n) is 4.21. The zero-order valence-electron chi connectivity index (χ0n) is 10.8. The second-order valence-electron chi connectivity index (χ2n) is 5.66. The van der Waals surface area contributed by atoms with Gasteiger partial charge in [-0.2, -0.15) is 0 Å². The molecule has 6 heteroatoms. The van der Waals surface area contributed by atoms with E-state index in [1.807, 2.05) is 0 Å². The van der Waals surface area contributed by atoms with Crippen molar-refractivity contribution in [2.45, 2.75) is 36.3 Å². The topological polar surface area (TPSA) is 66.4 Å². The lowest BCUT2D eigenvalue weighted by Gasteiger charge is -2.14. The molecule has 0 unspecified atom stereocenters. The van der Waals surface area contributed by atoms with Crippen LogP contribution in [-0.4, -0.2) is 26.7 Å². The molecule has 0 radical (unpaired) electrons. The van der Waals surface area contributed by atoms with Crippen molar-refractivity contribution in [3.63, 3.8) is 0 Å². The second kappa shape index (κ2) is 4.84. The van der Waals surface area contributed by atoms with Gasteiger partial charge < -0.3 is 5.11 Å². The minimum atomic E-state index is -3.37. The van der Waals surface area contributed by atoms with Crippen LogP contribution in [0.15, 0.2) is 16.3 Å². The van der Waals surface area contributed by atoms with Crippen LogP contribution in [0.25, 0.3) is 0 Å². The van der Waals surface area contributed by atoms with Gasteiger partial charge in [-0.3, -0.25) is 0 Å². The first kappa shape index (κ1) is 13.5. The average molecular weight is 301 g/mol. The largest absolute Gasteiger partial charge is 0.396 e. The normalized spacial score (nSPS) is 21.5. The SMILES string of the molecule is O=S(=O)(NCC1(C2CC2)CC1)c1ccc(CCO)s1. The van der Waals surface area contributed by atoms with Crippen LogP contribution in [0.4, 0.5) is 0 Å². The van der Waals surface area contributed by atoms with Gasteiger partial charge in [-0.25, -0.2) is 13.1 Å². The van der Waals surface area contributed by atoms with Gasteiger partial charge in [-0.15, -0.1) is 11.3 Å². The zero-order valence-corrected chi connectivity index (χ0v) is 12.4. The predicted molar refractivity (Wildman–Crippen MR) is 74.7 cm³/mol. The van der Waals surface area contributed by atoms with Crippen LogP contribution in [-0.2, 0) is 16.4 Å². The number of aliphatic hydroxyl groups excluding tert-OH is 1. The lowest BCUT2D eigenvalue weighted by Crippen LogP contribution is -2.30. The monoisotopic (exact) mass is 301 g/mol. The van der Waals surface area contributed by atoms with Gasteiger partial charge in [0.25, 0.3) is 0 Å². The summed E-state index contributed by atoms with van der Waals surface area (Å²) < 4.78 is 27.5. The molecule has 1 aromatic heterocycles. The van der Waals surface area contributed by atoms with Crippen molar-refractivity contribution in [2.24, 2.45) is 11.3 Å². The molecule has 2 aliphatic carbocycles. The molecular formula is C13H19NO3S2. The van der Waals surface area contributed by atoms with Crippen molar-refractivity contribution in [1.29, 1.82) is 0 Å². The molecular weight excluding hydrogens is 282 g/mol. The van der Waals surface area contributed by atoms with Crippen LogP contribution in [0.2, 0.25) is 0 Å². The third kappa shape index (κ3) is 2.86. The van der Waals surface area contributed by atoms with E-state index in [2.05, 4.69) is 4.72 Å². The molecule has 2 fully saturated rings. The van der Waals surface area contributed by atoms with Crippen molar-refractivity contribution < 1.29 is 13.5 Å². The van der Waals surface area contributed by atoms with E-state index in [-0.39, 0.29) is 12.0 Å². The summed E-state index contributed by atoms with van der Waals surface area (Å²) in [5.74, 6) is 0.753. The van der Waals surface area contributed by atoms with Gasteiger partial charge in [-0.1, -0.05) is 0 Å². The second-order valence-corrected chi connectivity index (χ2v) is 8.82. The molecule has 0 atom stereocenters. The fourth-order valence-corrected chi connectivity index (χ4v) is 5.17. The Morgan fingerprint density at radius 3 is 2.68 bits per heavy atom. The van der Waals surface area contributed by atoms with Crippen LogP contribution < -0.4 is 4.72 Å².